The van der Waals surface area contributed by atoms with Crippen molar-refractivity contribution in [2.45, 2.75) is 18.2 Å². The Hall–Kier alpha value is -1.48. The lowest BCUT2D eigenvalue weighted by atomic mass is 10.1. The second-order valence-electron chi connectivity index (χ2n) is 5.03. The Kier molecular flexibility index (Phi) is 3.70. The predicted molar refractivity (Wildman–Crippen MR) is 73.4 cm³/mol. The van der Waals surface area contributed by atoms with Crippen molar-refractivity contribution < 1.29 is 19.5 Å². The summed E-state index contributed by atoms with van der Waals surface area (Å²) in [6.07, 6.45) is 1.78. The summed E-state index contributed by atoms with van der Waals surface area (Å²) in [4.78, 5) is 16.4. The maximum absolute atomic E-state index is 11.2. The lowest BCUT2D eigenvalue weighted by molar-refractivity contribution is -0.384. The molecule has 0 aromatic carbocycles. The molecule has 1 spiro atoms. The zero-order valence-corrected chi connectivity index (χ0v) is 11.8. The van der Waals surface area contributed by atoms with Gasteiger partial charge in [0.15, 0.2) is 5.79 Å². The molecule has 2 saturated heterocycles. The molecule has 2 aliphatic rings. The summed E-state index contributed by atoms with van der Waals surface area (Å²) < 4.78 is 11.2. The van der Waals surface area contributed by atoms with E-state index in [0.717, 1.165) is 0 Å². The first-order chi connectivity index (χ1) is 10.0. The van der Waals surface area contributed by atoms with Crippen molar-refractivity contribution in [3.63, 3.8) is 0 Å². The fourth-order valence-corrected chi connectivity index (χ4v) is 2.97. The van der Waals surface area contributed by atoms with E-state index in [4.69, 9.17) is 21.1 Å². The van der Waals surface area contributed by atoms with Crippen LogP contribution < -0.4 is 4.90 Å². The second kappa shape index (κ2) is 5.38. The number of nitro groups is 1. The Balaban J connectivity index is 1.97. The lowest BCUT2D eigenvalue weighted by Crippen LogP contribution is -2.36. The smallest absolute Gasteiger partial charge is 0.313 e. The van der Waals surface area contributed by atoms with E-state index in [1.165, 1.54) is 12.3 Å². The molecule has 0 bridgehead atoms. The van der Waals surface area contributed by atoms with Gasteiger partial charge in [0.1, 0.15) is 0 Å². The minimum Gasteiger partial charge on any atom is -0.394 e. The Bertz CT molecular complexity index is 564. The quantitative estimate of drug-likeness (QED) is 0.655. The number of pyridine rings is 1. The van der Waals surface area contributed by atoms with Gasteiger partial charge in [-0.1, -0.05) is 11.6 Å². The van der Waals surface area contributed by atoms with Crippen molar-refractivity contribution in [2.24, 2.45) is 0 Å². The molecule has 0 amide bonds. The van der Waals surface area contributed by atoms with E-state index < -0.39 is 10.7 Å². The maximum Gasteiger partial charge on any atom is 0.313 e. The average molecular weight is 316 g/mol. The standard InChI is InChI=1S/C12H14ClN3O5/c13-8-3-10(16(18)19)11(14-5-8)15-7-12(4-9(15)6-17)20-1-2-21-12/h3,5,9,17H,1-2,4,6-7H2/t9-/m1/s1. The van der Waals surface area contributed by atoms with Gasteiger partial charge in [-0.2, -0.15) is 0 Å². The normalized spacial score (nSPS) is 23.9. The molecule has 3 rings (SSSR count). The molecule has 1 aromatic rings. The number of aromatic nitrogens is 1. The summed E-state index contributed by atoms with van der Waals surface area (Å²) >= 11 is 5.77. The molecule has 0 radical (unpaired) electrons. The molecule has 2 aliphatic heterocycles. The van der Waals surface area contributed by atoms with Gasteiger partial charge in [0.05, 0.1) is 42.4 Å². The van der Waals surface area contributed by atoms with Crippen molar-refractivity contribution >= 4 is 23.1 Å². The van der Waals surface area contributed by atoms with Gasteiger partial charge in [-0.3, -0.25) is 10.1 Å². The second-order valence-corrected chi connectivity index (χ2v) is 5.47. The van der Waals surface area contributed by atoms with Crippen LogP contribution in [0.3, 0.4) is 0 Å². The number of anilines is 1. The number of halogens is 1. The number of nitrogens with zero attached hydrogens (tertiary/aromatic N) is 3. The third-order valence-electron chi connectivity index (χ3n) is 3.71. The van der Waals surface area contributed by atoms with Crippen LogP contribution >= 0.6 is 11.6 Å². The molecule has 9 heteroatoms. The summed E-state index contributed by atoms with van der Waals surface area (Å²) in [5, 5.41) is 20.9. The highest BCUT2D eigenvalue weighted by molar-refractivity contribution is 6.30. The molecule has 1 aromatic heterocycles. The van der Waals surface area contributed by atoms with E-state index in [1.54, 1.807) is 4.90 Å². The first-order valence-corrected chi connectivity index (χ1v) is 6.88. The molecule has 1 atom stereocenters. The predicted octanol–water partition coefficient (Wildman–Crippen LogP) is 0.957. The highest BCUT2D eigenvalue weighted by Crippen LogP contribution is 2.40. The molecule has 8 nitrogen and oxygen atoms in total. The van der Waals surface area contributed by atoms with Crippen molar-refractivity contribution in [3.8, 4) is 0 Å². The number of aliphatic hydroxyl groups is 1. The summed E-state index contributed by atoms with van der Waals surface area (Å²) in [7, 11) is 0. The van der Waals surface area contributed by atoms with E-state index in [2.05, 4.69) is 4.98 Å². The lowest BCUT2D eigenvalue weighted by Gasteiger charge is -2.24. The van der Waals surface area contributed by atoms with Crippen molar-refractivity contribution in [1.82, 2.24) is 4.98 Å². The summed E-state index contributed by atoms with van der Waals surface area (Å²) in [5.74, 6) is -0.651. The fraction of sp³-hybridized carbons (Fsp3) is 0.583. The molecular weight excluding hydrogens is 302 g/mol. The maximum atomic E-state index is 11.2. The van der Waals surface area contributed by atoms with Crippen molar-refractivity contribution in [1.29, 1.82) is 0 Å². The minimum absolute atomic E-state index is 0.166. The van der Waals surface area contributed by atoms with Gasteiger partial charge in [0.25, 0.3) is 0 Å². The van der Waals surface area contributed by atoms with Gasteiger partial charge in [-0.05, 0) is 0 Å². The number of aliphatic hydroxyl groups excluding tert-OH is 1. The van der Waals surface area contributed by atoms with E-state index in [-0.39, 0.29) is 35.7 Å². The van der Waals surface area contributed by atoms with Gasteiger partial charge in [0, 0.05) is 18.7 Å². The first kappa shape index (κ1) is 14.5. The van der Waals surface area contributed by atoms with Gasteiger partial charge >= 0.3 is 5.69 Å². The van der Waals surface area contributed by atoms with Crippen LogP contribution in [0.5, 0.6) is 0 Å². The number of ether oxygens (including phenoxy) is 2. The monoisotopic (exact) mass is 315 g/mol. The average Bonchev–Trinajstić information content (AvgIpc) is 3.06. The molecular formula is C12H14ClN3O5. The van der Waals surface area contributed by atoms with E-state index >= 15 is 0 Å². The van der Waals surface area contributed by atoms with E-state index in [1.807, 2.05) is 0 Å². The molecule has 1 N–H and O–H groups in total. The third kappa shape index (κ3) is 2.55. The van der Waals surface area contributed by atoms with Crippen LogP contribution in [0, 0.1) is 10.1 Å². The Labute approximate surface area is 125 Å². The van der Waals surface area contributed by atoms with Crippen LogP contribution in [0.25, 0.3) is 0 Å². The van der Waals surface area contributed by atoms with Crippen LogP contribution in [-0.2, 0) is 9.47 Å². The third-order valence-corrected chi connectivity index (χ3v) is 3.91. The van der Waals surface area contributed by atoms with E-state index in [0.29, 0.717) is 19.6 Å². The Morgan fingerprint density at radius 1 is 1.57 bits per heavy atom. The fourth-order valence-electron chi connectivity index (χ4n) is 2.82. The largest absolute Gasteiger partial charge is 0.394 e. The molecule has 0 aliphatic carbocycles. The molecule has 3 heterocycles. The van der Waals surface area contributed by atoms with Gasteiger partial charge in [-0.25, -0.2) is 4.98 Å². The van der Waals surface area contributed by atoms with Gasteiger partial charge in [0.2, 0.25) is 5.82 Å². The number of hydrogen-bond acceptors (Lipinski definition) is 7. The summed E-state index contributed by atoms with van der Waals surface area (Å²) in [6, 6.07) is 0.898. The molecule has 21 heavy (non-hydrogen) atoms. The van der Waals surface area contributed by atoms with Crippen LogP contribution in [0.1, 0.15) is 6.42 Å². The highest BCUT2D eigenvalue weighted by Gasteiger charge is 2.50. The highest BCUT2D eigenvalue weighted by atomic mass is 35.5. The van der Waals surface area contributed by atoms with Crippen LogP contribution in [-0.4, -0.2) is 53.2 Å². The van der Waals surface area contributed by atoms with Gasteiger partial charge < -0.3 is 19.5 Å². The summed E-state index contributed by atoms with van der Waals surface area (Å²) in [5.41, 5.74) is -0.198. The summed E-state index contributed by atoms with van der Waals surface area (Å²) in [6.45, 7) is 1.06. The zero-order valence-electron chi connectivity index (χ0n) is 11.1. The van der Waals surface area contributed by atoms with Crippen LogP contribution in [0.4, 0.5) is 11.5 Å². The van der Waals surface area contributed by atoms with Gasteiger partial charge in [-0.15, -0.1) is 0 Å². The zero-order chi connectivity index (χ0) is 15.0. The van der Waals surface area contributed by atoms with Crippen molar-refractivity contribution in [3.05, 3.63) is 27.4 Å². The first-order valence-electron chi connectivity index (χ1n) is 6.50. The number of rotatable bonds is 3. The number of hydrogen-bond donors (Lipinski definition) is 1. The van der Waals surface area contributed by atoms with Crippen LogP contribution in [0.2, 0.25) is 5.02 Å². The Morgan fingerprint density at radius 2 is 2.29 bits per heavy atom. The topological polar surface area (TPSA) is 98.0 Å². The minimum atomic E-state index is -0.817. The van der Waals surface area contributed by atoms with Crippen LogP contribution in [0.15, 0.2) is 12.3 Å². The molecule has 0 unspecified atom stereocenters. The Morgan fingerprint density at radius 3 is 2.90 bits per heavy atom. The molecule has 0 saturated carbocycles. The van der Waals surface area contributed by atoms with Crippen molar-refractivity contribution in [2.75, 3.05) is 31.3 Å². The SMILES string of the molecule is O=[N+]([O-])c1cc(Cl)cnc1N1CC2(C[C@@H]1CO)OCCO2. The van der Waals surface area contributed by atoms with E-state index in [9.17, 15) is 15.2 Å². The molecule has 2 fully saturated rings. The molecule has 114 valence electrons.